The van der Waals surface area contributed by atoms with Gasteiger partial charge in [-0.2, -0.15) is 5.10 Å². The Hall–Kier alpha value is -3.15. The second-order valence-corrected chi connectivity index (χ2v) is 5.60. The lowest BCUT2D eigenvalue weighted by Crippen LogP contribution is -2.24. The molecule has 1 N–H and O–H groups in total. The van der Waals surface area contributed by atoms with E-state index in [1.807, 2.05) is 54.6 Å². The van der Waals surface area contributed by atoms with Crippen molar-refractivity contribution in [2.75, 3.05) is 6.61 Å². The molecule has 0 saturated carbocycles. The topological polar surface area (TPSA) is 69.0 Å². The quantitative estimate of drug-likeness (QED) is 0.686. The van der Waals surface area contributed by atoms with E-state index in [9.17, 15) is 4.79 Å². The monoisotopic (exact) mass is 336 g/mol. The number of ether oxygens (including phenoxy) is 1. The molecule has 0 aliphatic rings. The molecule has 6 heteroatoms. The van der Waals surface area contributed by atoms with Crippen LogP contribution in [0, 0.1) is 0 Å². The van der Waals surface area contributed by atoms with Crippen molar-refractivity contribution < 1.29 is 9.53 Å². The van der Waals surface area contributed by atoms with Crippen LogP contribution in [0.5, 0.6) is 5.75 Å². The van der Waals surface area contributed by atoms with Gasteiger partial charge in [0.05, 0.1) is 19.6 Å². The van der Waals surface area contributed by atoms with E-state index in [1.165, 1.54) is 6.33 Å². The maximum Gasteiger partial charge on any atom is 0.223 e. The summed E-state index contributed by atoms with van der Waals surface area (Å²) in [4.78, 5) is 15.8. The fourth-order valence-corrected chi connectivity index (χ4v) is 2.33. The first-order chi connectivity index (χ1) is 12.3. The van der Waals surface area contributed by atoms with E-state index in [4.69, 9.17) is 4.74 Å². The number of aromatic nitrogens is 3. The number of carbonyl (C=O) groups excluding carboxylic acids is 1. The van der Waals surface area contributed by atoms with Crippen LogP contribution in [0.1, 0.15) is 17.5 Å². The molecule has 3 rings (SSSR count). The zero-order valence-electron chi connectivity index (χ0n) is 13.8. The van der Waals surface area contributed by atoms with E-state index in [-0.39, 0.29) is 5.91 Å². The molecule has 1 aromatic heterocycles. The standard InChI is InChI=1S/C19H20N4O2/c24-19(10-11-25-18-4-2-1-3-5-18)21-12-16-6-8-17(9-7-16)13-23-15-20-14-22-23/h1-9,14-15H,10-13H2,(H,21,24). The first-order valence-corrected chi connectivity index (χ1v) is 8.14. The zero-order chi connectivity index (χ0) is 17.3. The van der Waals surface area contributed by atoms with Crippen LogP contribution >= 0.6 is 0 Å². The van der Waals surface area contributed by atoms with Gasteiger partial charge in [0, 0.05) is 6.54 Å². The Morgan fingerprint density at radius 3 is 2.52 bits per heavy atom. The van der Waals surface area contributed by atoms with E-state index in [0.29, 0.717) is 26.1 Å². The first-order valence-electron chi connectivity index (χ1n) is 8.14. The lowest BCUT2D eigenvalue weighted by molar-refractivity contribution is -0.121. The van der Waals surface area contributed by atoms with Crippen molar-refractivity contribution in [3.63, 3.8) is 0 Å². The predicted molar refractivity (Wildman–Crippen MR) is 94.0 cm³/mol. The molecule has 25 heavy (non-hydrogen) atoms. The Morgan fingerprint density at radius 1 is 1.04 bits per heavy atom. The molecule has 0 bridgehead atoms. The molecular weight excluding hydrogens is 316 g/mol. The third-order valence-corrected chi connectivity index (χ3v) is 3.66. The molecule has 1 heterocycles. The minimum Gasteiger partial charge on any atom is -0.493 e. The van der Waals surface area contributed by atoms with Crippen LogP contribution in [-0.2, 0) is 17.9 Å². The molecule has 6 nitrogen and oxygen atoms in total. The zero-order valence-corrected chi connectivity index (χ0v) is 13.8. The number of amides is 1. The lowest BCUT2D eigenvalue weighted by Gasteiger charge is -2.08. The second-order valence-electron chi connectivity index (χ2n) is 5.60. The van der Waals surface area contributed by atoms with Gasteiger partial charge in [-0.15, -0.1) is 0 Å². The summed E-state index contributed by atoms with van der Waals surface area (Å²) in [5, 5.41) is 6.98. The molecule has 0 aliphatic heterocycles. The molecule has 0 saturated heterocycles. The number of benzene rings is 2. The molecule has 0 spiro atoms. The van der Waals surface area contributed by atoms with Crippen LogP contribution in [0.15, 0.2) is 67.3 Å². The molecular formula is C19H20N4O2. The number of para-hydroxylation sites is 1. The van der Waals surface area contributed by atoms with E-state index >= 15 is 0 Å². The molecule has 2 aromatic carbocycles. The van der Waals surface area contributed by atoms with Gasteiger partial charge in [0.25, 0.3) is 0 Å². The van der Waals surface area contributed by atoms with Gasteiger partial charge in [0.1, 0.15) is 18.4 Å². The van der Waals surface area contributed by atoms with Crippen LogP contribution in [0.3, 0.4) is 0 Å². The highest BCUT2D eigenvalue weighted by Crippen LogP contribution is 2.08. The van der Waals surface area contributed by atoms with Crippen molar-refractivity contribution in [3.8, 4) is 5.75 Å². The van der Waals surface area contributed by atoms with E-state index < -0.39 is 0 Å². The Bertz CT molecular complexity index is 771. The second kappa shape index (κ2) is 8.63. The summed E-state index contributed by atoms with van der Waals surface area (Å²) in [6.45, 7) is 1.56. The van der Waals surface area contributed by atoms with Gasteiger partial charge < -0.3 is 10.1 Å². The fourth-order valence-electron chi connectivity index (χ4n) is 2.33. The van der Waals surface area contributed by atoms with Crippen molar-refractivity contribution in [1.82, 2.24) is 20.1 Å². The van der Waals surface area contributed by atoms with Crippen LogP contribution in [0.4, 0.5) is 0 Å². The Morgan fingerprint density at radius 2 is 1.80 bits per heavy atom. The average Bonchev–Trinajstić information content (AvgIpc) is 3.15. The van der Waals surface area contributed by atoms with Crippen molar-refractivity contribution >= 4 is 5.91 Å². The summed E-state index contributed by atoms with van der Waals surface area (Å²) in [6.07, 6.45) is 3.54. The summed E-state index contributed by atoms with van der Waals surface area (Å²) in [5.74, 6) is 0.751. The molecule has 0 radical (unpaired) electrons. The number of carbonyl (C=O) groups is 1. The van der Waals surface area contributed by atoms with Crippen LogP contribution in [0.2, 0.25) is 0 Å². The van der Waals surface area contributed by atoms with Gasteiger partial charge in [-0.1, -0.05) is 42.5 Å². The van der Waals surface area contributed by atoms with Crippen molar-refractivity contribution in [2.45, 2.75) is 19.5 Å². The average molecular weight is 336 g/mol. The first kappa shape index (κ1) is 16.7. The smallest absolute Gasteiger partial charge is 0.223 e. The maximum atomic E-state index is 11.9. The lowest BCUT2D eigenvalue weighted by atomic mass is 10.1. The minimum atomic E-state index is -0.0253. The molecule has 0 aliphatic carbocycles. The van der Waals surface area contributed by atoms with E-state index in [2.05, 4.69) is 15.4 Å². The molecule has 128 valence electrons. The van der Waals surface area contributed by atoms with Gasteiger partial charge in [0.15, 0.2) is 0 Å². The fraction of sp³-hybridized carbons (Fsp3) is 0.211. The predicted octanol–water partition coefficient (Wildman–Crippen LogP) is 2.41. The summed E-state index contributed by atoms with van der Waals surface area (Å²) in [7, 11) is 0. The van der Waals surface area contributed by atoms with Crippen molar-refractivity contribution in [3.05, 3.63) is 78.4 Å². The van der Waals surface area contributed by atoms with Gasteiger partial charge in [-0.3, -0.25) is 4.79 Å². The highest BCUT2D eigenvalue weighted by molar-refractivity contribution is 5.75. The van der Waals surface area contributed by atoms with Gasteiger partial charge in [-0.25, -0.2) is 9.67 Å². The number of nitrogens with one attached hydrogen (secondary N) is 1. The van der Waals surface area contributed by atoms with Crippen molar-refractivity contribution in [1.29, 1.82) is 0 Å². The number of hydrogen-bond acceptors (Lipinski definition) is 4. The maximum absolute atomic E-state index is 11.9. The van der Waals surface area contributed by atoms with Crippen LogP contribution in [-0.4, -0.2) is 27.3 Å². The number of hydrogen-bond donors (Lipinski definition) is 1. The third-order valence-electron chi connectivity index (χ3n) is 3.66. The van der Waals surface area contributed by atoms with Gasteiger partial charge in [-0.05, 0) is 23.3 Å². The largest absolute Gasteiger partial charge is 0.493 e. The molecule has 1 amide bonds. The van der Waals surface area contributed by atoms with Crippen LogP contribution < -0.4 is 10.1 Å². The normalized spacial score (nSPS) is 10.4. The highest BCUT2D eigenvalue weighted by Gasteiger charge is 2.03. The Labute approximate surface area is 146 Å². The van der Waals surface area contributed by atoms with E-state index in [1.54, 1.807) is 11.0 Å². The number of nitrogens with zero attached hydrogens (tertiary/aromatic N) is 3. The SMILES string of the molecule is O=C(CCOc1ccccc1)NCc1ccc(Cn2cncn2)cc1. The Kier molecular flexibility index (Phi) is 5.77. The van der Waals surface area contributed by atoms with Crippen molar-refractivity contribution in [2.24, 2.45) is 0 Å². The summed E-state index contributed by atoms with van der Waals surface area (Å²) >= 11 is 0. The van der Waals surface area contributed by atoms with E-state index in [0.717, 1.165) is 16.9 Å². The third kappa shape index (κ3) is 5.46. The molecule has 0 atom stereocenters. The molecule has 3 aromatic rings. The van der Waals surface area contributed by atoms with Gasteiger partial charge in [0.2, 0.25) is 5.91 Å². The highest BCUT2D eigenvalue weighted by atomic mass is 16.5. The van der Waals surface area contributed by atoms with Crippen LogP contribution in [0.25, 0.3) is 0 Å². The molecule has 0 fully saturated rings. The number of rotatable bonds is 8. The van der Waals surface area contributed by atoms with Gasteiger partial charge >= 0.3 is 0 Å². The minimum absolute atomic E-state index is 0.0253. The Balaban J connectivity index is 1.38. The summed E-state index contributed by atoms with van der Waals surface area (Å²) < 4.78 is 7.29. The summed E-state index contributed by atoms with van der Waals surface area (Å²) in [5.41, 5.74) is 2.19. The summed E-state index contributed by atoms with van der Waals surface area (Å²) in [6, 6.07) is 17.6. The molecule has 0 unspecified atom stereocenters.